The van der Waals surface area contributed by atoms with Gasteiger partial charge in [-0.15, -0.1) is 0 Å². The predicted molar refractivity (Wildman–Crippen MR) is 136 cm³/mol. The molecule has 1 fully saturated rings. The Bertz CT molecular complexity index is 1430. The summed E-state index contributed by atoms with van der Waals surface area (Å²) in [6, 6.07) is 15.5. The monoisotopic (exact) mass is 549 g/mol. The predicted octanol–water partition coefficient (Wildman–Crippen LogP) is 5.22. The average Bonchev–Trinajstić information content (AvgIpc) is 2.84. The van der Waals surface area contributed by atoms with Crippen LogP contribution in [-0.2, 0) is 16.2 Å². The van der Waals surface area contributed by atoms with E-state index in [4.69, 9.17) is 4.74 Å². The van der Waals surface area contributed by atoms with Crippen LogP contribution in [0.5, 0.6) is 5.75 Å². The van der Waals surface area contributed by atoms with Gasteiger partial charge in [-0.2, -0.15) is 0 Å². The van der Waals surface area contributed by atoms with E-state index >= 15 is 0 Å². The summed E-state index contributed by atoms with van der Waals surface area (Å²) in [6.07, 6.45) is 1.41. The highest BCUT2D eigenvalue weighted by Crippen LogP contribution is 2.30. The Morgan fingerprint density at radius 1 is 1.06 bits per heavy atom. The second-order valence-corrected chi connectivity index (χ2v) is 8.93. The highest BCUT2D eigenvalue weighted by Gasteiger charge is 2.37. The van der Waals surface area contributed by atoms with Gasteiger partial charge in [-0.05, 0) is 88.4 Å². The number of non-ortho nitro benzene ring substituents is 1. The summed E-state index contributed by atoms with van der Waals surface area (Å²) in [5.74, 6) is -0.990. The topological polar surface area (TPSA) is 119 Å². The first-order valence-electron chi connectivity index (χ1n) is 10.8. The van der Waals surface area contributed by atoms with Crippen molar-refractivity contribution in [3.63, 3.8) is 0 Å². The number of urea groups is 1. The number of anilines is 1. The lowest BCUT2D eigenvalue weighted by atomic mass is 10.0. The van der Waals surface area contributed by atoms with Gasteiger partial charge < -0.3 is 4.74 Å². The molecule has 0 radical (unpaired) electrons. The number of barbiturate groups is 1. The number of nitrogens with one attached hydrogen (secondary N) is 1. The molecule has 1 aliphatic rings. The number of imide groups is 2. The van der Waals surface area contributed by atoms with Crippen molar-refractivity contribution in [2.24, 2.45) is 0 Å². The van der Waals surface area contributed by atoms with Gasteiger partial charge in [-0.3, -0.25) is 25.0 Å². The lowest BCUT2D eigenvalue weighted by Gasteiger charge is -2.28. The number of benzene rings is 3. The number of halogens is 1. The summed E-state index contributed by atoms with van der Waals surface area (Å²) < 4.78 is 6.36. The molecule has 4 rings (SSSR count). The molecule has 0 atom stereocenters. The molecular formula is C26H20BrN3O6. The van der Waals surface area contributed by atoms with Gasteiger partial charge in [0.1, 0.15) is 17.9 Å². The number of rotatable bonds is 6. The second-order valence-electron chi connectivity index (χ2n) is 8.08. The molecule has 10 heteroatoms. The molecule has 1 saturated heterocycles. The summed E-state index contributed by atoms with van der Waals surface area (Å²) >= 11 is 3.43. The van der Waals surface area contributed by atoms with Gasteiger partial charge in [0.2, 0.25) is 0 Å². The molecule has 36 heavy (non-hydrogen) atoms. The Morgan fingerprint density at radius 3 is 2.44 bits per heavy atom. The van der Waals surface area contributed by atoms with Crippen molar-refractivity contribution >= 4 is 51.2 Å². The van der Waals surface area contributed by atoms with Crippen LogP contribution in [0.2, 0.25) is 0 Å². The smallest absolute Gasteiger partial charge is 0.335 e. The van der Waals surface area contributed by atoms with Crippen LogP contribution in [0.25, 0.3) is 6.08 Å². The Kier molecular flexibility index (Phi) is 6.98. The van der Waals surface area contributed by atoms with Gasteiger partial charge in [-0.25, -0.2) is 9.69 Å². The van der Waals surface area contributed by atoms with E-state index in [-0.39, 0.29) is 17.9 Å². The standard InChI is InChI=1S/C26H20BrN3O6/c1-15-4-3-5-22(16(15)2)29-25(32)20(24(31)28-26(29)33)12-18-8-11-23(21(27)13-18)36-14-17-6-9-19(10-7-17)30(34)35/h3-13H,14H2,1-2H3,(H,28,31,33)/b20-12+. The van der Waals surface area contributed by atoms with Crippen LogP contribution in [0, 0.1) is 24.0 Å². The van der Waals surface area contributed by atoms with Gasteiger partial charge in [-0.1, -0.05) is 18.2 Å². The van der Waals surface area contributed by atoms with Crippen LogP contribution in [0.4, 0.5) is 16.2 Å². The van der Waals surface area contributed by atoms with Crippen molar-refractivity contribution in [1.29, 1.82) is 0 Å². The molecule has 1 heterocycles. The molecular weight excluding hydrogens is 530 g/mol. The van der Waals surface area contributed by atoms with Crippen LogP contribution in [-0.4, -0.2) is 22.8 Å². The molecule has 3 aromatic rings. The summed E-state index contributed by atoms with van der Waals surface area (Å²) in [6.45, 7) is 3.86. The third-order valence-electron chi connectivity index (χ3n) is 5.73. The normalized spacial score (nSPS) is 14.7. The quantitative estimate of drug-likeness (QED) is 0.195. The lowest BCUT2D eigenvalue weighted by Crippen LogP contribution is -2.54. The summed E-state index contributed by atoms with van der Waals surface area (Å²) in [4.78, 5) is 49.5. The number of hydrogen-bond acceptors (Lipinski definition) is 6. The molecule has 1 aliphatic heterocycles. The zero-order chi connectivity index (χ0) is 26.0. The molecule has 1 N–H and O–H groups in total. The van der Waals surface area contributed by atoms with E-state index in [2.05, 4.69) is 21.2 Å². The van der Waals surface area contributed by atoms with E-state index in [1.807, 2.05) is 13.0 Å². The molecule has 182 valence electrons. The van der Waals surface area contributed by atoms with E-state index in [1.165, 1.54) is 18.2 Å². The number of nitro benzene ring substituents is 1. The van der Waals surface area contributed by atoms with E-state index in [0.29, 0.717) is 21.5 Å². The fraction of sp³-hybridized carbons (Fsp3) is 0.115. The van der Waals surface area contributed by atoms with Gasteiger partial charge in [0, 0.05) is 12.1 Å². The van der Waals surface area contributed by atoms with Crippen molar-refractivity contribution in [1.82, 2.24) is 5.32 Å². The largest absolute Gasteiger partial charge is 0.488 e. The SMILES string of the molecule is Cc1cccc(N2C(=O)NC(=O)/C(=C\c3ccc(OCc4ccc([N+](=O)[O-])cc4)c(Br)c3)C2=O)c1C. The number of amides is 4. The van der Waals surface area contributed by atoms with Crippen molar-refractivity contribution in [3.05, 3.63) is 103 Å². The number of hydrogen-bond donors (Lipinski definition) is 1. The van der Waals surface area contributed by atoms with E-state index in [0.717, 1.165) is 21.6 Å². The molecule has 0 aromatic heterocycles. The van der Waals surface area contributed by atoms with E-state index < -0.39 is 22.8 Å². The Hall–Kier alpha value is -4.31. The molecule has 9 nitrogen and oxygen atoms in total. The minimum Gasteiger partial charge on any atom is -0.488 e. The highest BCUT2D eigenvalue weighted by atomic mass is 79.9. The Labute approximate surface area is 214 Å². The molecule has 0 bridgehead atoms. The molecule has 0 spiro atoms. The number of ether oxygens (including phenoxy) is 1. The van der Waals surface area contributed by atoms with Crippen molar-refractivity contribution < 1.29 is 24.0 Å². The molecule has 0 saturated carbocycles. The Balaban J connectivity index is 1.55. The molecule has 0 unspecified atom stereocenters. The molecule has 0 aliphatic carbocycles. The maximum Gasteiger partial charge on any atom is 0.335 e. The zero-order valence-electron chi connectivity index (χ0n) is 19.3. The number of carbonyl (C=O) groups is 3. The minimum atomic E-state index is -0.799. The first-order valence-corrected chi connectivity index (χ1v) is 11.6. The number of aryl methyl sites for hydroxylation is 1. The molecule has 3 aromatic carbocycles. The number of nitro groups is 1. The van der Waals surface area contributed by atoms with Gasteiger partial charge in [0.25, 0.3) is 17.5 Å². The van der Waals surface area contributed by atoms with Crippen LogP contribution in [0.15, 0.2) is 70.7 Å². The first kappa shape index (κ1) is 24.8. The first-order chi connectivity index (χ1) is 17.2. The van der Waals surface area contributed by atoms with Crippen LogP contribution >= 0.6 is 15.9 Å². The Morgan fingerprint density at radius 2 is 1.78 bits per heavy atom. The zero-order valence-corrected chi connectivity index (χ0v) is 20.9. The van der Waals surface area contributed by atoms with E-state index in [1.54, 1.807) is 49.4 Å². The van der Waals surface area contributed by atoms with Gasteiger partial charge in [0.15, 0.2) is 0 Å². The fourth-order valence-corrected chi connectivity index (χ4v) is 4.13. The highest BCUT2D eigenvalue weighted by molar-refractivity contribution is 9.10. The second kappa shape index (κ2) is 10.1. The van der Waals surface area contributed by atoms with Crippen molar-refractivity contribution in [2.75, 3.05) is 4.90 Å². The van der Waals surface area contributed by atoms with Gasteiger partial charge >= 0.3 is 6.03 Å². The third kappa shape index (κ3) is 5.03. The third-order valence-corrected chi connectivity index (χ3v) is 6.35. The van der Waals surface area contributed by atoms with Gasteiger partial charge in [0.05, 0.1) is 15.1 Å². The summed E-state index contributed by atoms with van der Waals surface area (Å²) in [7, 11) is 0. The summed E-state index contributed by atoms with van der Waals surface area (Å²) in [5, 5.41) is 13.0. The van der Waals surface area contributed by atoms with Crippen LogP contribution in [0.1, 0.15) is 22.3 Å². The van der Waals surface area contributed by atoms with Crippen LogP contribution in [0.3, 0.4) is 0 Å². The van der Waals surface area contributed by atoms with E-state index in [9.17, 15) is 24.5 Å². The lowest BCUT2D eigenvalue weighted by molar-refractivity contribution is -0.384. The molecule has 4 amide bonds. The maximum absolute atomic E-state index is 13.2. The van der Waals surface area contributed by atoms with Crippen molar-refractivity contribution in [3.8, 4) is 5.75 Å². The van der Waals surface area contributed by atoms with Crippen molar-refractivity contribution in [2.45, 2.75) is 20.5 Å². The minimum absolute atomic E-state index is 0.00329. The van der Waals surface area contributed by atoms with Crippen LogP contribution < -0.4 is 15.0 Å². The number of nitrogens with zero attached hydrogens (tertiary/aromatic N) is 2. The average molecular weight is 550 g/mol. The fourth-order valence-electron chi connectivity index (χ4n) is 3.62. The summed E-state index contributed by atoms with van der Waals surface area (Å²) in [5.41, 5.74) is 3.18. The number of carbonyl (C=O) groups excluding carboxylic acids is 3. The maximum atomic E-state index is 13.2.